The number of rotatable bonds is 3. The van der Waals surface area contributed by atoms with E-state index in [4.69, 9.17) is 19.8 Å². The van der Waals surface area contributed by atoms with Crippen molar-refractivity contribution in [3.05, 3.63) is 36.0 Å². The summed E-state index contributed by atoms with van der Waals surface area (Å²) >= 11 is 0. The predicted molar refractivity (Wildman–Crippen MR) is 96.1 cm³/mol. The van der Waals surface area contributed by atoms with Crippen molar-refractivity contribution in [3.63, 3.8) is 0 Å². The van der Waals surface area contributed by atoms with Crippen molar-refractivity contribution in [2.75, 3.05) is 25.0 Å². The highest BCUT2D eigenvalue weighted by atomic mass is 16.4. The minimum atomic E-state index is -1.82. The number of carboxylic acids is 2. The van der Waals surface area contributed by atoms with Crippen LogP contribution in [0.4, 0.5) is 5.69 Å². The van der Waals surface area contributed by atoms with E-state index in [-0.39, 0.29) is 5.91 Å². The summed E-state index contributed by atoms with van der Waals surface area (Å²) in [5, 5.41) is 18.8. The predicted octanol–water partition coefficient (Wildman–Crippen LogP) is 1.73. The van der Waals surface area contributed by atoms with Crippen LogP contribution in [-0.2, 0) is 14.4 Å². The number of aryl methyl sites for hydroxylation is 1. The molecule has 2 aromatic rings. The van der Waals surface area contributed by atoms with Gasteiger partial charge in [0.2, 0.25) is 5.91 Å². The van der Waals surface area contributed by atoms with E-state index in [1.54, 1.807) is 0 Å². The molecule has 26 heavy (non-hydrogen) atoms. The average Bonchev–Trinajstić information content (AvgIpc) is 3.08. The first-order valence-corrected chi connectivity index (χ1v) is 8.21. The standard InChI is InChI=1S/C16H19N3O.C2H2O4/c1-12-10-15(13-6-2-3-7-14(13)17-12)18-16(20)11-19-8-4-5-9-19;3-1(4)2(5)6/h2-3,6-7,10H,4-5,8-9,11H2,1H3,(H,17,18,20);(H,3,4)(H,5,6). The van der Waals surface area contributed by atoms with Gasteiger partial charge in [-0.25, -0.2) is 9.59 Å². The molecule has 0 radical (unpaired) electrons. The molecule has 1 aromatic heterocycles. The number of carboxylic acid groups (broad SMARTS) is 2. The van der Waals surface area contributed by atoms with Gasteiger partial charge in [-0.1, -0.05) is 18.2 Å². The van der Waals surface area contributed by atoms with Gasteiger partial charge in [0.05, 0.1) is 17.7 Å². The molecule has 8 nitrogen and oxygen atoms in total. The smallest absolute Gasteiger partial charge is 0.414 e. The Labute approximate surface area is 150 Å². The summed E-state index contributed by atoms with van der Waals surface area (Å²) in [6.07, 6.45) is 2.40. The monoisotopic (exact) mass is 359 g/mol. The molecule has 0 unspecified atom stereocenters. The summed E-state index contributed by atoms with van der Waals surface area (Å²) in [6.45, 7) is 4.49. The fourth-order valence-electron chi connectivity index (χ4n) is 2.74. The number of likely N-dealkylation sites (tertiary alicyclic amines) is 1. The Morgan fingerprint density at radius 1 is 1.12 bits per heavy atom. The number of para-hydroxylation sites is 1. The van der Waals surface area contributed by atoms with Crippen LogP contribution in [-0.4, -0.2) is 57.6 Å². The second-order valence-electron chi connectivity index (χ2n) is 5.97. The molecule has 2 heterocycles. The summed E-state index contributed by atoms with van der Waals surface area (Å²) < 4.78 is 0. The minimum Gasteiger partial charge on any atom is -0.473 e. The molecular formula is C18H21N3O5. The number of carbonyl (C=O) groups excluding carboxylic acids is 1. The lowest BCUT2D eigenvalue weighted by Crippen LogP contribution is -2.30. The van der Waals surface area contributed by atoms with Crippen molar-refractivity contribution in [3.8, 4) is 0 Å². The fourth-order valence-corrected chi connectivity index (χ4v) is 2.74. The summed E-state index contributed by atoms with van der Waals surface area (Å²) in [6, 6.07) is 9.83. The third-order valence-corrected chi connectivity index (χ3v) is 3.87. The zero-order chi connectivity index (χ0) is 19.1. The first-order chi connectivity index (χ1) is 12.4. The molecule has 0 spiro atoms. The van der Waals surface area contributed by atoms with Crippen LogP contribution in [0.15, 0.2) is 30.3 Å². The Kier molecular flexibility index (Phi) is 6.62. The van der Waals surface area contributed by atoms with E-state index in [1.165, 1.54) is 12.8 Å². The first-order valence-electron chi connectivity index (χ1n) is 8.21. The Morgan fingerprint density at radius 2 is 1.73 bits per heavy atom. The van der Waals surface area contributed by atoms with Crippen LogP contribution < -0.4 is 5.32 Å². The number of anilines is 1. The molecule has 3 N–H and O–H groups in total. The third-order valence-electron chi connectivity index (χ3n) is 3.87. The van der Waals surface area contributed by atoms with E-state index in [0.29, 0.717) is 6.54 Å². The molecule has 1 amide bonds. The van der Waals surface area contributed by atoms with E-state index >= 15 is 0 Å². The number of hydrogen-bond acceptors (Lipinski definition) is 5. The summed E-state index contributed by atoms with van der Waals surface area (Å²) in [5.41, 5.74) is 2.70. The number of nitrogens with one attached hydrogen (secondary N) is 1. The molecule has 0 aliphatic carbocycles. The maximum absolute atomic E-state index is 12.2. The van der Waals surface area contributed by atoms with E-state index < -0.39 is 11.9 Å². The molecule has 0 atom stereocenters. The largest absolute Gasteiger partial charge is 0.473 e. The molecule has 1 saturated heterocycles. The van der Waals surface area contributed by atoms with E-state index in [9.17, 15) is 4.79 Å². The van der Waals surface area contributed by atoms with Crippen LogP contribution in [0.25, 0.3) is 10.9 Å². The molecule has 3 rings (SSSR count). The van der Waals surface area contributed by atoms with Gasteiger partial charge in [0, 0.05) is 11.1 Å². The number of aliphatic carboxylic acids is 2. The summed E-state index contributed by atoms with van der Waals surface area (Å²) in [7, 11) is 0. The van der Waals surface area contributed by atoms with Crippen LogP contribution in [0, 0.1) is 6.92 Å². The SMILES string of the molecule is Cc1cc(NC(=O)CN2CCCC2)c2ccccc2n1.O=C(O)C(=O)O. The number of aromatic nitrogens is 1. The molecule has 1 aliphatic rings. The zero-order valence-corrected chi connectivity index (χ0v) is 14.4. The number of hydrogen-bond donors (Lipinski definition) is 3. The van der Waals surface area contributed by atoms with Crippen molar-refractivity contribution < 1.29 is 24.6 Å². The Bertz CT molecular complexity index is 804. The number of amides is 1. The normalized spacial score (nSPS) is 13.7. The van der Waals surface area contributed by atoms with Crippen LogP contribution in [0.1, 0.15) is 18.5 Å². The highest BCUT2D eigenvalue weighted by Crippen LogP contribution is 2.22. The van der Waals surface area contributed by atoms with E-state index in [2.05, 4.69) is 15.2 Å². The number of fused-ring (bicyclic) bond motifs is 1. The Balaban J connectivity index is 0.000000352. The maximum atomic E-state index is 12.2. The van der Waals surface area contributed by atoms with Gasteiger partial charge >= 0.3 is 11.9 Å². The fraction of sp³-hybridized carbons (Fsp3) is 0.333. The lowest BCUT2D eigenvalue weighted by atomic mass is 10.1. The number of benzene rings is 1. The topological polar surface area (TPSA) is 120 Å². The lowest BCUT2D eigenvalue weighted by Gasteiger charge is -2.15. The van der Waals surface area contributed by atoms with Gasteiger partial charge in [-0.2, -0.15) is 0 Å². The van der Waals surface area contributed by atoms with Crippen molar-refractivity contribution in [2.45, 2.75) is 19.8 Å². The number of pyridine rings is 1. The van der Waals surface area contributed by atoms with Crippen molar-refractivity contribution in [1.82, 2.24) is 9.88 Å². The van der Waals surface area contributed by atoms with Gasteiger partial charge in [-0.05, 0) is 45.0 Å². The van der Waals surface area contributed by atoms with Crippen molar-refractivity contribution >= 4 is 34.4 Å². The highest BCUT2D eigenvalue weighted by molar-refractivity contribution is 6.27. The zero-order valence-electron chi connectivity index (χ0n) is 14.4. The Hall–Kier alpha value is -3.00. The van der Waals surface area contributed by atoms with E-state index in [1.807, 2.05) is 37.3 Å². The van der Waals surface area contributed by atoms with Crippen LogP contribution >= 0.6 is 0 Å². The third kappa shape index (κ3) is 5.52. The van der Waals surface area contributed by atoms with Gasteiger partial charge in [-0.15, -0.1) is 0 Å². The lowest BCUT2D eigenvalue weighted by molar-refractivity contribution is -0.159. The molecule has 1 aliphatic heterocycles. The molecular weight excluding hydrogens is 338 g/mol. The van der Waals surface area contributed by atoms with Gasteiger partial charge in [-0.3, -0.25) is 14.7 Å². The van der Waals surface area contributed by atoms with Crippen LogP contribution in [0.2, 0.25) is 0 Å². The minimum absolute atomic E-state index is 0.0580. The second kappa shape index (κ2) is 8.91. The van der Waals surface area contributed by atoms with Crippen LogP contribution in [0.3, 0.4) is 0 Å². The van der Waals surface area contributed by atoms with Crippen molar-refractivity contribution in [1.29, 1.82) is 0 Å². The molecule has 1 fully saturated rings. The van der Waals surface area contributed by atoms with Crippen molar-refractivity contribution in [2.24, 2.45) is 0 Å². The molecule has 0 saturated carbocycles. The molecule has 1 aromatic carbocycles. The highest BCUT2D eigenvalue weighted by Gasteiger charge is 2.15. The summed E-state index contributed by atoms with van der Waals surface area (Å²) in [4.78, 5) is 37.0. The summed E-state index contributed by atoms with van der Waals surface area (Å²) in [5.74, 6) is -3.59. The van der Waals surface area contributed by atoms with Gasteiger partial charge < -0.3 is 15.5 Å². The quantitative estimate of drug-likeness (QED) is 0.714. The Morgan fingerprint density at radius 3 is 2.35 bits per heavy atom. The number of carbonyl (C=O) groups is 3. The average molecular weight is 359 g/mol. The van der Waals surface area contributed by atoms with Gasteiger partial charge in [0.25, 0.3) is 0 Å². The van der Waals surface area contributed by atoms with Gasteiger partial charge in [0.15, 0.2) is 0 Å². The molecule has 138 valence electrons. The van der Waals surface area contributed by atoms with Gasteiger partial charge in [0.1, 0.15) is 0 Å². The maximum Gasteiger partial charge on any atom is 0.414 e. The first kappa shape index (κ1) is 19.3. The van der Waals surface area contributed by atoms with E-state index in [0.717, 1.165) is 35.4 Å². The number of nitrogens with zero attached hydrogens (tertiary/aromatic N) is 2. The molecule has 0 bridgehead atoms. The van der Waals surface area contributed by atoms with Crippen LogP contribution in [0.5, 0.6) is 0 Å². The second-order valence-corrected chi connectivity index (χ2v) is 5.97. The molecule has 8 heteroatoms.